The van der Waals surface area contributed by atoms with Crippen LogP contribution in [0.5, 0.6) is 0 Å². The van der Waals surface area contributed by atoms with Crippen LogP contribution in [0.2, 0.25) is 0 Å². The van der Waals surface area contributed by atoms with Crippen molar-refractivity contribution in [1.29, 1.82) is 0 Å². The van der Waals surface area contributed by atoms with Crippen molar-refractivity contribution in [3.63, 3.8) is 0 Å². The lowest BCUT2D eigenvalue weighted by Gasteiger charge is -2.31. The summed E-state index contributed by atoms with van der Waals surface area (Å²) in [7, 11) is 0. The summed E-state index contributed by atoms with van der Waals surface area (Å²) in [5.74, 6) is 1.21. The fraction of sp³-hybridized carbons (Fsp3) is 0.692. The van der Waals surface area contributed by atoms with Gasteiger partial charge in [-0.3, -0.25) is 4.79 Å². The van der Waals surface area contributed by atoms with Gasteiger partial charge in [0.1, 0.15) is 5.76 Å². The van der Waals surface area contributed by atoms with Crippen LogP contribution in [0, 0.1) is 19.8 Å². The van der Waals surface area contributed by atoms with Crippen molar-refractivity contribution in [2.45, 2.75) is 33.1 Å². The highest BCUT2D eigenvalue weighted by molar-refractivity contribution is 5.79. The lowest BCUT2D eigenvalue weighted by molar-refractivity contribution is -0.132. The van der Waals surface area contributed by atoms with E-state index in [9.17, 15) is 4.79 Å². The van der Waals surface area contributed by atoms with Crippen LogP contribution in [0.3, 0.4) is 0 Å². The number of carbonyl (C=O) groups excluding carboxylic acids is 1. The molecule has 1 fully saturated rings. The normalized spacial score (nSPS) is 17.2. The minimum Gasteiger partial charge on any atom is -0.396 e. The monoisotopic (exact) mass is 252 g/mol. The predicted molar refractivity (Wildman–Crippen MR) is 66.1 cm³/mol. The molecule has 0 bridgehead atoms. The number of carbonyl (C=O) groups is 1. The van der Waals surface area contributed by atoms with E-state index in [1.54, 1.807) is 0 Å². The number of nitrogens with zero attached hydrogens (tertiary/aromatic N) is 2. The molecule has 5 heteroatoms. The van der Waals surface area contributed by atoms with Gasteiger partial charge in [-0.2, -0.15) is 0 Å². The van der Waals surface area contributed by atoms with Gasteiger partial charge in [-0.05, 0) is 32.6 Å². The SMILES string of the molecule is Cc1noc(C)c1CC(=O)N1CCC(CO)CC1. The van der Waals surface area contributed by atoms with Crippen molar-refractivity contribution in [3.8, 4) is 0 Å². The second-order valence-electron chi connectivity index (χ2n) is 4.99. The van der Waals surface area contributed by atoms with Gasteiger partial charge in [0.2, 0.25) is 5.91 Å². The molecule has 100 valence electrons. The summed E-state index contributed by atoms with van der Waals surface area (Å²) in [6, 6.07) is 0. The first-order valence-corrected chi connectivity index (χ1v) is 6.42. The second-order valence-corrected chi connectivity index (χ2v) is 4.99. The highest BCUT2D eigenvalue weighted by Crippen LogP contribution is 2.19. The maximum atomic E-state index is 12.2. The Morgan fingerprint density at radius 3 is 2.61 bits per heavy atom. The molecule has 0 unspecified atom stereocenters. The van der Waals surface area contributed by atoms with Gasteiger partial charge in [-0.25, -0.2) is 0 Å². The first kappa shape index (κ1) is 13.1. The molecule has 1 aliphatic rings. The molecule has 0 aromatic carbocycles. The Morgan fingerprint density at radius 2 is 2.11 bits per heavy atom. The smallest absolute Gasteiger partial charge is 0.227 e. The van der Waals surface area contributed by atoms with Crippen molar-refractivity contribution >= 4 is 5.91 Å². The highest BCUT2D eigenvalue weighted by Gasteiger charge is 2.23. The summed E-state index contributed by atoms with van der Waals surface area (Å²) in [5.41, 5.74) is 1.70. The number of likely N-dealkylation sites (tertiary alicyclic amines) is 1. The zero-order chi connectivity index (χ0) is 13.1. The molecule has 2 rings (SSSR count). The van der Waals surface area contributed by atoms with Crippen LogP contribution in [0.1, 0.15) is 29.9 Å². The van der Waals surface area contributed by atoms with E-state index in [4.69, 9.17) is 9.63 Å². The summed E-state index contributed by atoms with van der Waals surface area (Å²) in [5, 5.41) is 12.9. The number of rotatable bonds is 3. The highest BCUT2D eigenvalue weighted by atomic mass is 16.5. The lowest BCUT2D eigenvalue weighted by atomic mass is 9.97. The Morgan fingerprint density at radius 1 is 1.44 bits per heavy atom. The number of aliphatic hydroxyl groups is 1. The van der Waals surface area contributed by atoms with Crippen LogP contribution in [-0.4, -0.2) is 40.8 Å². The lowest BCUT2D eigenvalue weighted by Crippen LogP contribution is -2.40. The average molecular weight is 252 g/mol. The van der Waals surface area contributed by atoms with Gasteiger partial charge in [-0.1, -0.05) is 5.16 Å². The third-order valence-electron chi connectivity index (χ3n) is 3.73. The Kier molecular flexibility index (Phi) is 4.01. The Labute approximate surface area is 107 Å². The fourth-order valence-electron chi connectivity index (χ4n) is 2.38. The van der Waals surface area contributed by atoms with Crippen LogP contribution < -0.4 is 0 Å². The van der Waals surface area contributed by atoms with Gasteiger partial charge in [0.05, 0.1) is 12.1 Å². The summed E-state index contributed by atoms with van der Waals surface area (Å²) in [6.07, 6.45) is 2.15. The molecule has 0 radical (unpaired) electrons. The summed E-state index contributed by atoms with van der Waals surface area (Å²) in [6.45, 7) is 5.41. The molecule has 1 aromatic heterocycles. The molecular formula is C13H20N2O3. The molecule has 0 atom stereocenters. The van der Waals surface area contributed by atoms with Crippen LogP contribution >= 0.6 is 0 Å². The molecular weight excluding hydrogens is 232 g/mol. The summed E-state index contributed by atoms with van der Waals surface area (Å²) < 4.78 is 5.06. The van der Waals surface area contributed by atoms with Gasteiger partial charge < -0.3 is 14.5 Å². The van der Waals surface area contributed by atoms with Crippen molar-refractivity contribution in [1.82, 2.24) is 10.1 Å². The predicted octanol–water partition coefficient (Wildman–Crippen LogP) is 1.06. The Hall–Kier alpha value is -1.36. The van der Waals surface area contributed by atoms with Crippen LogP contribution in [-0.2, 0) is 11.2 Å². The van der Waals surface area contributed by atoms with E-state index < -0.39 is 0 Å². The molecule has 5 nitrogen and oxygen atoms in total. The second kappa shape index (κ2) is 5.52. The van der Waals surface area contributed by atoms with E-state index in [-0.39, 0.29) is 12.5 Å². The van der Waals surface area contributed by atoms with E-state index in [2.05, 4.69) is 5.16 Å². The molecule has 0 spiro atoms. The number of hydrogen-bond acceptors (Lipinski definition) is 4. The third kappa shape index (κ3) is 2.72. The standard InChI is InChI=1S/C13H20N2O3/c1-9-12(10(2)18-14-9)7-13(17)15-5-3-11(8-16)4-6-15/h11,16H,3-8H2,1-2H3. The molecule has 1 saturated heterocycles. The van der Waals surface area contributed by atoms with E-state index in [1.807, 2.05) is 18.7 Å². The molecule has 1 amide bonds. The average Bonchev–Trinajstić information content (AvgIpc) is 2.70. The molecule has 1 aromatic rings. The van der Waals surface area contributed by atoms with Crippen molar-refractivity contribution in [2.75, 3.05) is 19.7 Å². The molecule has 0 aliphatic carbocycles. The van der Waals surface area contributed by atoms with Crippen LogP contribution in [0.25, 0.3) is 0 Å². The zero-order valence-electron chi connectivity index (χ0n) is 11.0. The third-order valence-corrected chi connectivity index (χ3v) is 3.73. The quantitative estimate of drug-likeness (QED) is 0.873. The summed E-state index contributed by atoms with van der Waals surface area (Å²) >= 11 is 0. The largest absolute Gasteiger partial charge is 0.396 e. The molecule has 18 heavy (non-hydrogen) atoms. The number of piperidine rings is 1. The van der Waals surface area contributed by atoms with Crippen LogP contribution in [0.4, 0.5) is 0 Å². The molecule has 2 heterocycles. The van der Waals surface area contributed by atoms with E-state index in [0.717, 1.165) is 42.9 Å². The van der Waals surface area contributed by atoms with E-state index in [0.29, 0.717) is 12.3 Å². The maximum Gasteiger partial charge on any atom is 0.227 e. The van der Waals surface area contributed by atoms with Crippen molar-refractivity contribution < 1.29 is 14.4 Å². The van der Waals surface area contributed by atoms with Gasteiger partial charge in [-0.15, -0.1) is 0 Å². The molecule has 0 saturated carbocycles. The minimum absolute atomic E-state index is 0.126. The Balaban J connectivity index is 1.93. The first-order chi connectivity index (χ1) is 8.61. The van der Waals surface area contributed by atoms with Crippen molar-refractivity contribution in [2.24, 2.45) is 5.92 Å². The van der Waals surface area contributed by atoms with Gasteiger partial charge in [0, 0.05) is 25.3 Å². The zero-order valence-corrected chi connectivity index (χ0v) is 11.0. The number of amides is 1. The number of aryl methyl sites for hydroxylation is 2. The van der Waals surface area contributed by atoms with Crippen molar-refractivity contribution in [3.05, 3.63) is 17.0 Å². The maximum absolute atomic E-state index is 12.2. The van der Waals surface area contributed by atoms with Gasteiger partial charge >= 0.3 is 0 Å². The van der Waals surface area contributed by atoms with E-state index >= 15 is 0 Å². The number of hydrogen-bond donors (Lipinski definition) is 1. The minimum atomic E-state index is 0.126. The first-order valence-electron chi connectivity index (χ1n) is 6.42. The number of aliphatic hydroxyl groups excluding tert-OH is 1. The van der Waals surface area contributed by atoms with Gasteiger partial charge in [0.15, 0.2) is 0 Å². The van der Waals surface area contributed by atoms with Crippen LogP contribution in [0.15, 0.2) is 4.52 Å². The number of aromatic nitrogens is 1. The topological polar surface area (TPSA) is 66.6 Å². The summed E-state index contributed by atoms with van der Waals surface area (Å²) in [4.78, 5) is 14.0. The Bertz CT molecular complexity index is 400. The molecule has 1 aliphatic heterocycles. The van der Waals surface area contributed by atoms with E-state index in [1.165, 1.54) is 0 Å². The molecule has 1 N–H and O–H groups in total. The fourth-order valence-corrected chi connectivity index (χ4v) is 2.38. The van der Waals surface area contributed by atoms with Gasteiger partial charge in [0.25, 0.3) is 0 Å².